The summed E-state index contributed by atoms with van der Waals surface area (Å²) in [5.74, 6) is -0.920. The zero-order chi connectivity index (χ0) is 13.7. The summed E-state index contributed by atoms with van der Waals surface area (Å²) in [5.41, 5.74) is 1.01. The van der Waals surface area contributed by atoms with Crippen molar-refractivity contribution >= 4 is 11.9 Å². The molecule has 2 aromatic rings. The van der Waals surface area contributed by atoms with Gasteiger partial charge in [0.05, 0.1) is 18.9 Å². The summed E-state index contributed by atoms with van der Waals surface area (Å²) in [7, 11) is 1.28. The van der Waals surface area contributed by atoms with Crippen molar-refractivity contribution in [2.24, 2.45) is 0 Å². The van der Waals surface area contributed by atoms with Crippen LogP contribution in [-0.2, 0) is 9.53 Å². The molecule has 0 spiro atoms. The molecule has 0 saturated heterocycles. The van der Waals surface area contributed by atoms with Gasteiger partial charge in [0.1, 0.15) is 6.26 Å². The number of esters is 1. The topological polar surface area (TPSA) is 68.5 Å². The van der Waals surface area contributed by atoms with Crippen LogP contribution in [0.2, 0.25) is 0 Å². The van der Waals surface area contributed by atoms with Crippen molar-refractivity contribution in [3.05, 3.63) is 60.1 Å². The molecule has 1 aromatic carbocycles. The van der Waals surface area contributed by atoms with Gasteiger partial charge in [0.2, 0.25) is 0 Å². The number of hydrogen-bond donors (Lipinski definition) is 1. The first-order valence-corrected chi connectivity index (χ1v) is 5.68. The lowest BCUT2D eigenvalue weighted by Crippen LogP contribution is -2.34. The Kier molecular flexibility index (Phi) is 3.97. The summed E-state index contributed by atoms with van der Waals surface area (Å²) in [4.78, 5) is 23.7. The SMILES string of the molecule is COC(=O)C(NC(=O)c1ccoc1)c1ccccc1. The van der Waals surface area contributed by atoms with Crippen LogP contribution in [0.5, 0.6) is 0 Å². The van der Waals surface area contributed by atoms with Crippen LogP contribution in [0, 0.1) is 0 Å². The summed E-state index contributed by atoms with van der Waals surface area (Å²) in [6.45, 7) is 0. The van der Waals surface area contributed by atoms with E-state index in [0.29, 0.717) is 11.1 Å². The molecule has 2 rings (SSSR count). The first kappa shape index (κ1) is 12.9. The van der Waals surface area contributed by atoms with Crippen molar-refractivity contribution in [3.8, 4) is 0 Å². The number of amides is 1. The smallest absolute Gasteiger partial charge is 0.333 e. The van der Waals surface area contributed by atoms with Gasteiger partial charge in [-0.3, -0.25) is 4.79 Å². The van der Waals surface area contributed by atoms with E-state index >= 15 is 0 Å². The molecule has 5 heteroatoms. The Morgan fingerprint density at radius 2 is 1.95 bits per heavy atom. The van der Waals surface area contributed by atoms with Gasteiger partial charge in [-0.05, 0) is 11.6 Å². The zero-order valence-corrected chi connectivity index (χ0v) is 10.3. The van der Waals surface area contributed by atoms with Crippen molar-refractivity contribution in [1.29, 1.82) is 0 Å². The summed E-state index contributed by atoms with van der Waals surface area (Å²) in [5, 5.41) is 2.61. The molecule has 0 bridgehead atoms. The fourth-order valence-corrected chi connectivity index (χ4v) is 1.65. The maximum absolute atomic E-state index is 11.9. The maximum atomic E-state index is 11.9. The second kappa shape index (κ2) is 5.86. The molecule has 1 N–H and O–H groups in total. The molecule has 19 heavy (non-hydrogen) atoms. The van der Waals surface area contributed by atoms with Crippen LogP contribution < -0.4 is 5.32 Å². The molecule has 1 aromatic heterocycles. The molecule has 0 aliphatic rings. The van der Waals surface area contributed by atoms with Gasteiger partial charge in [0.15, 0.2) is 6.04 Å². The molecule has 1 unspecified atom stereocenters. The third-order valence-corrected chi connectivity index (χ3v) is 2.63. The fraction of sp³-hybridized carbons (Fsp3) is 0.143. The van der Waals surface area contributed by atoms with Gasteiger partial charge in [-0.1, -0.05) is 30.3 Å². The van der Waals surface area contributed by atoms with E-state index in [1.165, 1.54) is 25.7 Å². The lowest BCUT2D eigenvalue weighted by Gasteiger charge is -2.16. The van der Waals surface area contributed by atoms with Crippen LogP contribution in [0.15, 0.2) is 53.3 Å². The molecule has 0 saturated carbocycles. The van der Waals surface area contributed by atoms with Gasteiger partial charge in [0, 0.05) is 0 Å². The van der Waals surface area contributed by atoms with Crippen LogP contribution in [0.4, 0.5) is 0 Å². The summed E-state index contributed by atoms with van der Waals surface area (Å²) in [6.07, 6.45) is 2.71. The Labute approximate surface area is 110 Å². The molecular weight excluding hydrogens is 246 g/mol. The monoisotopic (exact) mass is 259 g/mol. The summed E-state index contributed by atoms with van der Waals surface area (Å²) in [6, 6.07) is 9.58. The van der Waals surface area contributed by atoms with Crippen LogP contribution in [0.1, 0.15) is 22.0 Å². The van der Waals surface area contributed by atoms with E-state index in [2.05, 4.69) is 5.32 Å². The Morgan fingerprint density at radius 3 is 2.53 bits per heavy atom. The molecule has 0 fully saturated rings. The number of benzene rings is 1. The predicted octanol–water partition coefficient (Wildman–Crippen LogP) is 1.92. The number of hydrogen-bond acceptors (Lipinski definition) is 4. The van der Waals surface area contributed by atoms with Crippen molar-refractivity contribution in [2.45, 2.75) is 6.04 Å². The molecule has 0 aliphatic heterocycles. The van der Waals surface area contributed by atoms with E-state index in [1.54, 1.807) is 24.3 Å². The highest BCUT2D eigenvalue weighted by molar-refractivity contribution is 5.96. The average Bonchev–Trinajstić information content (AvgIpc) is 2.99. The van der Waals surface area contributed by atoms with E-state index in [9.17, 15) is 9.59 Å². The van der Waals surface area contributed by atoms with Crippen molar-refractivity contribution in [2.75, 3.05) is 7.11 Å². The van der Waals surface area contributed by atoms with E-state index in [1.807, 2.05) is 6.07 Å². The summed E-state index contributed by atoms with van der Waals surface area (Å²) >= 11 is 0. The largest absolute Gasteiger partial charge is 0.472 e. The number of carbonyl (C=O) groups excluding carboxylic acids is 2. The van der Waals surface area contributed by atoms with E-state index < -0.39 is 17.9 Å². The van der Waals surface area contributed by atoms with Gasteiger partial charge in [-0.15, -0.1) is 0 Å². The Balaban J connectivity index is 2.20. The number of methoxy groups -OCH3 is 1. The number of carbonyl (C=O) groups is 2. The standard InChI is InChI=1S/C14H13NO4/c1-18-14(17)12(10-5-3-2-4-6-10)15-13(16)11-7-8-19-9-11/h2-9,12H,1H3,(H,15,16). The van der Waals surface area contributed by atoms with Gasteiger partial charge in [0.25, 0.3) is 5.91 Å². The Hall–Kier alpha value is -2.56. The predicted molar refractivity (Wildman–Crippen MR) is 67.4 cm³/mol. The highest BCUT2D eigenvalue weighted by Crippen LogP contribution is 2.15. The quantitative estimate of drug-likeness (QED) is 0.852. The number of furan rings is 1. The van der Waals surface area contributed by atoms with Crippen LogP contribution in [-0.4, -0.2) is 19.0 Å². The van der Waals surface area contributed by atoms with Crippen molar-refractivity contribution < 1.29 is 18.7 Å². The lowest BCUT2D eigenvalue weighted by atomic mass is 10.1. The fourth-order valence-electron chi connectivity index (χ4n) is 1.65. The van der Waals surface area contributed by atoms with Crippen LogP contribution in [0.25, 0.3) is 0 Å². The third-order valence-electron chi connectivity index (χ3n) is 2.63. The molecule has 1 amide bonds. The first-order valence-electron chi connectivity index (χ1n) is 5.68. The molecule has 1 atom stereocenters. The second-order valence-corrected chi connectivity index (χ2v) is 3.85. The average molecular weight is 259 g/mol. The van der Waals surface area contributed by atoms with E-state index in [4.69, 9.17) is 9.15 Å². The lowest BCUT2D eigenvalue weighted by molar-refractivity contribution is -0.143. The van der Waals surface area contributed by atoms with E-state index in [-0.39, 0.29) is 0 Å². The van der Waals surface area contributed by atoms with Crippen LogP contribution >= 0.6 is 0 Å². The Bertz CT molecular complexity index is 548. The van der Waals surface area contributed by atoms with Crippen molar-refractivity contribution in [1.82, 2.24) is 5.32 Å². The Morgan fingerprint density at radius 1 is 1.21 bits per heavy atom. The minimum Gasteiger partial charge on any atom is -0.472 e. The second-order valence-electron chi connectivity index (χ2n) is 3.85. The highest BCUT2D eigenvalue weighted by Gasteiger charge is 2.24. The number of rotatable bonds is 4. The minimum absolute atomic E-state index is 0.352. The van der Waals surface area contributed by atoms with Gasteiger partial charge < -0.3 is 14.5 Å². The number of ether oxygens (including phenoxy) is 1. The normalized spacial score (nSPS) is 11.6. The molecule has 0 aliphatic carbocycles. The summed E-state index contributed by atoms with van der Waals surface area (Å²) < 4.78 is 9.54. The van der Waals surface area contributed by atoms with Crippen LogP contribution in [0.3, 0.4) is 0 Å². The van der Waals surface area contributed by atoms with Crippen molar-refractivity contribution in [3.63, 3.8) is 0 Å². The van der Waals surface area contributed by atoms with Gasteiger partial charge >= 0.3 is 5.97 Å². The maximum Gasteiger partial charge on any atom is 0.333 e. The molecule has 98 valence electrons. The van der Waals surface area contributed by atoms with E-state index in [0.717, 1.165) is 0 Å². The molecule has 1 heterocycles. The first-order chi connectivity index (χ1) is 9.22. The molecule has 0 radical (unpaired) electrons. The van der Waals surface area contributed by atoms with Gasteiger partial charge in [-0.2, -0.15) is 0 Å². The third kappa shape index (κ3) is 3.01. The highest BCUT2D eigenvalue weighted by atomic mass is 16.5. The van der Waals surface area contributed by atoms with Gasteiger partial charge in [-0.25, -0.2) is 4.79 Å². The molecular formula is C14H13NO4. The molecule has 5 nitrogen and oxygen atoms in total. The zero-order valence-electron chi connectivity index (χ0n) is 10.3. The number of nitrogens with one attached hydrogen (secondary N) is 1. The minimum atomic E-state index is -0.839.